The van der Waals surface area contributed by atoms with E-state index in [-0.39, 0.29) is 0 Å². The molecule has 0 bridgehead atoms. The topological polar surface area (TPSA) is 52.7 Å². The highest BCUT2D eigenvalue weighted by Crippen LogP contribution is 2.19. The Labute approximate surface area is 140 Å². The molecule has 1 aromatic rings. The minimum Gasteiger partial charge on any atom is -0.299 e. The van der Waals surface area contributed by atoms with Gasteiger partial charge in [-0.15, -0.1) is 0 Å². The van der Waals surface area contributed by atoms with Crippen LogP contribution in [-0.2, 0) is 16.8 Å². The van der Waals surface area contributed by atoms with Crippen molar-refractivity contribution >= 4 is 10.2 Å². The molecule has 0 aromatic heterocycles. The number of aryl methyl sites for hydroxylation is 2. The van der Waals surface area contributed by atoms with E-state index in [1.807, 2.05) is 6.92 Å². The van der Waals surface area contributed by atoms with E-state index >= 15 is 0 Å². The van der Waals surface area contributed by atoms with Crippen LogP contribution in [0, 0.1) is 19.8 Å². The van der Waals surface area contributed by atoms with Crippen LogP contribution in [0.2, 0.25) is 0 Å². The molecule has 0 spiro atoms. The Morgan fingerprint density at radius 1 is 1.30 bits per heavy atom. The predicted octanol–water partition coefficient (Wildman–Crippen LogP) is 1.91. The number of hydrogen-bond donors (Lipinski definition) is 1. The fourth-order valence-corrected chi connectivity index (χ4v) is 3.89. The van der Waals surface area contributed by atoms with Crippen LogP contribution in [0.3, 0.4) is 0 Å². The first-order valence-corrected chi connectivity index (χ1v) is 9.75. The number of hydrogen-bond acceptors (Lipinski definition) is 3. The summed E-state index contributed by atoms with van der Waals surface area (Å²) in [6, 6.07) is 6.61. The number of nitrogens with one attached hydrogen (secondary N) is 1. The number of likely N-dealkylation sites (tertiary alicyclic amines) is 1. The molecule has 130 valence electrons. The Kier molecular flexibility index (Phi) is 6.19. The quantitative estimate of drug-likeness (QED) is 0.826. The lowest BCUT2D eigenvalue weighted by Crippen LogP contribution is -2.40. The Hall–Kier alpha value is -0.950. The van der Waals surface area contributed by atoms with Crippen molar-refractivity contribution in [3.05, 3.63) is 34.9 Å². The highest BCUT2D eigenvalue weighted by atomic mass is 32.2. The first kappa shape index (κ1) is 18.4. The minimum atomic E-state index is -3.32. The smallest absolute Gasteiger partial charge is 0.279 e. The maximum absolute atomic E-state index is 12.0. The standard InChI is InChI=1S/C17H29N3O2S/c1-5-19(4)23(21,22)18-11-17-8-9-20(13-17)12-16-7-6-14(2)15(3)10-16/h6-7,10,17-18H,5,8-9,11-13H2,1-4H3. The van der Waals surface area contributed by atoms with E-state index in [1.54, 1.807) is 7.05 Å². The summed E-state index contributed by atoms with van der Waals surface area (Å²) in [5.41, 5.74) is 3.98. The molecule has 0 radical (unpaired) electrons. The number of benzene rings is 1. The second-order valence-electron chi connectivity index (χ2n) is 6.58. The molecule has 6 heteroatoms. The molecule has 1 atom stereocenters. The summed E-state index contributed by atoms with van der Waals surface area (Å²) in [5, 5.41) is 0. The van der Waals surface area contributed by atoms with Gasteiger partial charge in [0.25, 0.3) is 10.2 Å². The molecule has 1 fully saturated rings. The van der Waals surface area contributed by atoms with E-state index in [0.717, 1.165) is 26.1 Å². The van der Waals surface area contributed by atoms with E-state index in [1.165, 1.54) is 21.0 Å². The number of nitrogens with zero attached hydrogens (tertiary/aromatic N) is 2. The maximum Gasteiger partial charge on any atom is 0.279 e. The summed E-state index contributed by atoms with van der Waals surface area (Å²) in [6.07, 6.45) is 1.04. The highest BCUT2D eigenvalue weighted by molar-refractivity contribution is 7.87. The molecule has 2 rings (SSSR count). The molecular weight excluding hydrogens is 310 g/mol. The van der Waals surface area contributed by atoms with Gasteiger partial charge in [0.15, 0.2) is 0 Å². The van der Waals surface area contributed by atoms with Crippen LogP contribution in [0.5, 0.6) is 0 Å². The Balaban J connectivity index is 1.83. The van der Waals surface area contributed by atoms with Gasteiger partial charge in [-0.05, 0) is 49.4 Å². The second-order valence-corrected chi connectivity index (χ2v) is 8.44. The lowest BCUT2D eigenvalue weighted by molar-refractivity contribution is 0.316. The molecule has 0 saturated carbocycles. The van der Waals surface area contributed by atoms with E-state index < -0.39 is 10.2 Å². The first-order chi connectivity index (χ1) is 10.8. The van der Waals surface area contributed by atoms with Crippen LogP contribution in [0.25, 0.3) is 0 Å². The molecule has 23 heavy (non-hydrogen) atoms. The summed E-state index contributed by atoms with van der Waals surface area (Å²) in [7, 11) is -1.72. The van der Waals surface area contributed by atoms with Gasteiger partial charge < -0.3 is 0 Å². The molecule has 1 heterocycles. The van der Waals surface area contributed by atoms with Crippen LogP contribution in [0.4, 0.5) is 0 Å². The second kappa shape index (κ2) is 7.75. The normalized spacial score (nSPS) is 19.6. The largest absolute Gasteiger partial charge is 0.299 e. The van der Waals surface area contributed by atoms with Gasteiger partial charge >= 0.3 is 0 Å². The molecule has 0 aliphatic carbocycles. The summed E-state index contributed by atoms with van der Waals surface area (Å²) in [6.45, 7) is 10.0. The third-order valence-electron chi connectivity index (χ3n) is 4.76. The molecule has 1 unspecified atom stereocenters. The van der Waals surface area contributed by atoms with Crippen molar-refractivity contribution in [2.45, 2.75) is 33.7 Å². The summed E-state index contributed by atoms with van der Waals surface area (Å²) in [4.78, 5) is 2.41. The van der Waals surface area contributed by atoms with Gasteiger partial charge in [-0.25, -0.2) is 4.72 Å². The third kappa shape index (κ3) is 5.01. The predicted molar refractivity (Wildman–Crippen MR) is 94.5 cm³/mol. The van der Waals surface area contributed by atoms with Gasteiger partial charge in [-0.3, -0.25) is 4.90 Å². The molecule has 1 N–H and O–H groups in total. The first-order valence-electron chi connectivity index (χ1n) is 8.31. The summed E-state index contributed by atoms with van der Waals surface area (Å²) < 4.78 is 28.0. The van der Waals surface area contributed by atoms with Crippen LogP contribution in [0.1, 0.15) is 30.0 Å². The molecule has 1 aromatic carbocycles. The van der Waals surface area contributed by atoms with Gasteiger partial charge in [-0.1, -0.05) is 25.1 Å². The van der Waals surface area contributed by atoms with E-state index in [0.29, 0.717) is 19.0 Å². The lowest BCUT2D eigenvalue weighted by atomic mass is 10.1. The van der Waals surface area contributed by atoms with Gasteiger partial charge in [0.1, 0.15) is 0 Å². The number of rotatable bonds is 7. The van der Waals surface area contributed by atoms with Crippen molar-refractivity contribution in [2.75, 3.05) is 33.2 Å². The molecule has 1 aliphatic heterocycles. The van der Waals surface area contributed by atoms with E-state index in [9.17, 15) is 8.42 Å². The molecule has 5 nitrogen and oxygen atoms in total. The molecule has 0 amide bonds. The van der Waals surface area contributed by atoms with Crippen LogP contribution in [0.15, 0.2) is 18.2 Å². The Morgan fingerprint density at radius 2 is 2.04 bits per heavy atom. The van der Waals surface area contributed by atoms with Crippen molar-refractivity contribution in [1.29, 1.82) is 0 Å². The van der Waals surface area contributed by atoms with Gasteiger partial charge in [-0.2, -0.15) is 12.7 Å². The summed E-state index contributed by atoms with van der Waals surface area (Å²) in [5.74, 6) is 0.390. The van der Waals surface area contributed by atoms with E-state index in [4.69, 9.17) is 0 Å². The fraction of sp³-hybridized carbons (Fsp3) is 0.647. The van der Waals surface area contributed by atoms with Crippen molar-refractivity contribution in [1.82, 2.24) is 13.9 Å². The fourth-order valence-electron chi connectivity index (χ4n) is 2.89. The Morgan fingerprint density at radius 3 is 2.70 bits per heavy atom. The molecule has 1 saturated heterocycles. The molecule has 1 aliphatic rings. The average molecular weight is 340 g/mol. The van der Waals surface area contributed by atoms with Gasteiger partial charge in [0, 0.05) is 33.2 Å². The lowest BCUT2D eigenvalue weighted by Gasteiger charge is -2.19. The van der Waals surface area contributed by atoms with Crippen LogP contribution < -0.4 is 4.72 Å². The highest BCUT2D eigenvalue weighted by Gasteiger charge is 2.25. The van der Waals surface area contributed by atoms with Gasteiger partial charge in [0.05, 0.1) is 0 Å². The van der Waals surface area contributed by atoms with Crippen LogP contribution in [-0.4, -0.2) is 50.8 Å². The average Bonchev–Trinajstić information content (AvgIpc) is 2.96. The SMILES string of the molecule is CCN(C)S(=O)(=O)NCC1CCN(Cc2ccc(C)c(C)c2)C1. The Bertz CT molecular complexity index is 631. The third-order valence-corrected chi connectivity index (χ3v) is 6.37. The van der Waals surface area contributed by atoms with Crippen molar-refractivity contribution in [3.8, 4) is 0 Å². The monoisotopic (exact) mass is 339 g/mol. The van der Waals surface area contributed by atoms with E-state index in [2.05, 4.69) is 41.7 Å². The van der Waals surface area contributed by atoms with Crippen molar-refractivity contribution in [2.24, 2.45) is 5.92 Å². The zero-order valence-corrected chi connectivity index (χ0v) is 15.5. The van der Waals surface area contributed by atoms with Crippen molar-refractivity contribution < 1.29 is 8.42 Å². The maximum atomic E-state index is 12.0. The van der Waals surface area contributed by atoms with Crippen molar-refractivity contribution in [3.63, 3.8) is 0 Å². The summed E-state index contributed by atoms with van der Waals surface area (Å²) >= 11 is 0. The van der Waals surface area contributed by atoms with Gasteiger partial charge in [0.2, 0.25) is 0 Å². The molecular formula is C17H29N3O2S. The minimum absolute atomic E-state index is 0.390. The van der Waals surface area contributed by atoms with Crippen LogP contribution >= 0.6 is 0 Å². The zero-order valence-electron chi connectivity index (χ0n) is 14.7. The zero-order chi connectivity index (χ0) is 17.0.